The van der Waals surface area contributed by atoms with Gasteiger partial charge in [0.25, 0.3) is 0 Å². The molecule has 0 aromatic rings. The Morgan fingerprint density at radius 2 is 1.71 bits per heavy atom. The summed E-state index contributed by atoms with van der Waals surface area (Å²) in [7, 11) is 3.35. The zero-order chi connectivity index (χ0) is 4.12. The van der Waals surface area contributed by atoms with Gasteiger partial charge in [0.15, 0.2) is 0 Å². The van der Waals surface area contributed by atoms with E-state index < -0.39 is 0 Å². The Labute approximate surface area is 61.3 Å². The summed E-state index contributed by atoms with van der Waals surface area (Å²) >= 11 is 0. The van der Waals surface area contributed by atoms with Gasteiger partial charge in [-0.3, -0.25) is 0 Å². The lowest BCUT2D eigenvalue weighted by Gasteiger charge is -1.78. The fraction of sp³-hybridized carbons (Fsp3) is 1.00. The lowest BCUT2D eigenvalue weighted by Crippen LogP contribution is -3.00. The van der Waals surface area contributed by atoms with Gasteiger partial charge in [-0.2, -0.15) is 0 Å². The van der Waals surface area contributed by atoms with Crippen molar-refractivity contribution in [2.45, 2.75) is 25.8 Å². The highest BCUT2D eigenvalue weighted by Gasteiger charge is 1.68. The van der Waals surface area contributed by atoms with Crippen molar-refractivity contribution in [3.63, 3.8) is 0 Å². The van der Waals surface area contributed by atoms with E-state index in [1.54, 1.807) is 0 Å². The number of unbranched alkanes of at least 4 members (excludes halogenated alkanes) is 1. The Bertz CT molecular complexity index is 17.2. The molecule has 0 N–H and O–H groups in total. The molecule has 3 heteroatoms. The molecule has 0 aliphatic carbocycles. The molecule has 0 aliphatic heterocycles. The van der Waals surface area contributed by atoms with Gasteiger partial charge in [-0.1, -0.05) is 25.8 Å². The molecule has 0 spiro atoms. The second-order valence-electron chi connectivity index (χ2n) is 1.10. The van der Waals surface area contributed by atoms with Crippen molar-refractivity contribution in [2.24, 2.45) is 0 Å². The van der Waals surface area contributed by atoms with E-state index in [4.69, 9.17) is 0 Å². The third-order valence-electron chi connectivity index (χ3n) is 0.530. The molecule has 0 unspecified atom stereocenters. The minimum absolute atomic E-state index is 0. The molecule has 0 fully saturated rings. The van der Waals surface area contributed by atoms with Crippen LogP contribution in [0.4, 0.5) is 0 Å². The average Bonchev–Trinajstić information content (AvgIpc) is 1.41. The maximum absolute atomic E-state index is 3.35. The van der Waals surface area contributed by atoms with Crippen LogP contribution in [0.3, 0.4) is 0 Å². The van der Waals surface area contributed by atoms with E-state index in [1.807, 2.05) is 0 Å². The van der Waals surface area contributed by atoms with Crippen LogP contribution in [0.1, 0.15) is 19.8 Å². The van der Waals surface area contributed by atoms with Crippen molar-refractivity contribution in [3.05, 3.63) is 0 Å². The van der Waals surface area contributed by atoms with Crippen molar-refractivity contribution in [2.75, 3.05) is 0 Å². The molecule has 0 aliphatic rings. The van der Waals surface area contributed by atoms with Crippen LogP contribution < -0.4 is 24.8 Å². The molecule has 45 valence electrons. The first-order valence-electron chi connectivity index (χ1n) is 2.06. The predicted molar refractivity (Wildman–Crippen MR) is 25.5 cm³/mol. The highest BCUT2D eigenvalue weighted by molar-refractivity contribution is 6.08. The number of hydrogen-bond acceptors (Lipinski definition) is 0. The van der Waals surface area contributed by atoms with Crippen LogP contribution in [0.2, 0.25) is 6.04 Å². The molecular formula is C4H9Cl2Si-2. The molecule has 0 bridgehead atoms. The van der Waals surface area contributed by atoms with Gasteiger partial charge in [0, 0.05) is 10.2 Å². The lowest BCUT2D eigenvalue weighted by molar-refractivity contribution is -0.00100. The van der Waals surface area contributed by atoms with E-state index in [0.717, 1.165) is 6.04 Å². The highest BCUT2D eigenvalue weighted by Crippen LogP contribution is 1.86. The Kier molecular flexibility index (Phi) is 35.4. The van der Waals surface area contributed by atoms with Crippen LogP contribution in [0.25, 0.3) is 0 Å². The largest absolute Gasteiger partial charge is 1.00 e. The second kappa shape index (κ2) is 15.8. The monoisotopic (exact) mass is 155 g/mol. The van der Waals surface area contributed by atoms with Crippen LogP contribution in [-0.4, -0.2) is 10.2 Å². The first-order valence-corrected chi connectivity index (χ1v) is 2.77. The normalized spacial score (nSPS) is 6.00. The molecule has 3 radical (unpaired) electrons. The van der Waals surface area contributed by atoms with E-state index in [1.165, 1.54) is 12.8 Å². The molecule has 0 nitrogen and oxygen atoms in total. The van der Waals surface area contributed by atoms with Gasteiger partial charge < -0.3 is 24.8 Å². The Morgan fingerprint density at radius 3 is 1.71 bits per heavy atom. The van der Waals surface area contributed by atoms with Crippen molar-refractivity contribution in [1.82, 2.24) is 0 Å². The standard InChI is InChI=1S/C4H9Si.2ClH/c1-2-3-4-5;;/h2-4H2,1H3;2*1H/p-2. The molecular weight excluding hydrogens is 147 g/mol. The SMILES string of the molecule is CCCC[Si].[Cl-].[Cl-]. The summed E-state index contributed by atoms with van der Waals surface area (Å²) in [6.07, 6.45) is 2.60. The summed E-state index contributed by atoms with van der Waals surface area (Å²) in [5.41, 5.74) is 0. The smallest absolute Gasteiger partial charge is 0.0222 e. The first-order chi connectivity index (χ1) is 2.41. The average molecular weight is 156 g/mol. The topological polar surface area (TPSA) is 0 Å². The highest BCUT2D eigenvalue weighted by atomic mass is 35.5. The zero-order valence-corrected chi connectivity index (χ0v) is 6.89. The van der Waals surface area contributed by atoms with Gasteiger partial charge in [0.2, 0.25) is 0 Å². The van der Waals surface area contributed by atoms with Gasteiger partial charge in [-0.05, 0) is 0 Å². The molecule has 0 aromatic carbocycles. The Hall–Kier alpha value is 0.797. The lowest BCUT2D eigenvalue weighted by atomic mass is 10.4. The van der Waals surface area contributed by atoms with Gasteiger partial charge in [0.05, 0.1) is 0 Å². The molecule has 0 rings (SSSR count). The summed E-state index contributed by atoms with van der Waals surface area (Å²) in [5.74, 6) is 0. The van der Waals surface area contributed by atoms with Crippen molar-refractivity contribution in [3.8, 4) is 0 Å². The maximum atomic E-state index is 3.35. The molecule has 0 heterocycles. The fourth-order valence-electron chi connectivity index (χ4n) is 0.177. The number of rotatable bonds is 2. The summed E-state index contributed by atoms with van der Waals surface area (Å²) in [6, 6.07) is 1.15. The summed E-state index contributed by atoms with van der Waals surface area (Å²) in [6.45, 7) is 2.18. The molecule has 0 aromatic heterocycles. The van der Waals surface area contributed by atoms with E-state index in [-0.39, 0.29) is 24.8 Å². The molecule has 7 heavy (non-hydrogen) atoms. The first kappa shape index (κ1) is 15.7. The van der Waals surface area contributed by atoms with E-state index in [9.17, 15) is 0 Å². The maximum Gasteiger partial charge on any atom is 0.0222 e. The van der Waals surface area contributed by atoms with Crippen LogP contribution >= 0.6 is 0 Å². The van der Waals surface area contributed by atoms with Crippen LogP contribution in [0.5, 0.6) is 0 Å². The molecule has 0 saturated heterocycles. The third-order valence-corrected chi connectivity index (χ3v) is 0.884. The minimum atomic E-state index is 0. The van der Waals surface area contributed by atoms with Crippen LogP contribution in [0.15, 0.2) is 0 Å². The summed E-state index contributed by atoms with van der Waals surface area (Å²) in [5, 5.41) is 0. The van der Waals surface area contributed by atoms with E-state index in [2.05, 4.69) is 17.2 Å². The van der Waals surface area contributed by atoms with Crippen LogP contribution in [0, 0.1) is 0 Å². The summed E-state index contributed by atoms with van der Waals surface area (Å²) in [4.78, 5) is 0. The van der Waals surface area contributed by atoms with Gasteiger partial charge in [0.1, 0.15) is 0 Å². The number of hydrogen-bond donors (Lipinski definition) is 0. The van der Waals surface area contributed by atoms with Gasteiger partial charge >= 0.3 is 0 Å². The van der Waals surface area contributed by atoms with Crippen molar-refractivity contribution in [1.29, 1.82) is 0 Å². The van der Waals surface area contributed by atoms with E-state index in [0.29, 0.717) is 0 Å². The molecule has 0 saturated carbocycles. The summed E-state index contributed by atoms with van der Waals surface area (Å²) < 4.78 is 0. The van der Waals surface area contributed by atoms with Crippen molar-refractivity contribution < 1.29 is 24.8 Å². The Morgan fingerprint density at radius 1 is 1.29 bits per heavy atom. The van der Waals surface area contributed by atoms with Crippen molar-refractivity contribution >= 4 is 10.2 Å². The quantitative estimate of drug-likeness (QED) is 0.353. The molecule has 0 atom stereocenters. The van der Waals surface area contributed by atoms with Gasteiger partial charge in [-0.25, -0.2) is 0 Å². The van der Waals surface area contributed by atoms with Crippen LogP contribution in [-0.2, 0) is 0 Å². The second-order valence-corrected chi connectivity index (χ2v) is 1.60. The van der Waals surface area contributed by atoms with Gasteiger partial charge in [-0.15, -0.1) is 0 Å². The fourth-order valence-corrected chi connectivity index (χ4v) is 0.530. The zero-order valence-electron chi connectivity index (χ0n) is 4.38. The third kappa shape index (κ3) is 20.0. The van der Waals surface area contributed by atoms with E-state index >= 15 is 0 Å². The molecule has 0 amide bonds. The Balaban J connectivity index is -0.0000000800. The predicted octanol–water partition coefficient (Wildman–Crippen LogP) is -4.62. The number of halogens is 2. The minimum Gasteiger partial charge on any atom is -1.00 e.